The summed E-state index contributed by atoms with van der Waals surface area (Å²) in [6.45, 7) is 6.99. The van der Waals surface area contributed by atoms with Crippen LogP contribution in [0.5, 0.6) is 0 Å². The molecule has 1 aromatic rings. The minimum absolute atomic E-state index is 0.138. The summed E-state index contributed by atoms with van der Waals surface area (Å²) in [5.41, 5.74) is 6.85. The van der Waals surface area contributed by atoms with Crippen LogP contribution < -0.4 is 16.4 Å². The van der Waals surface area contributed by atoms with Crippen LogP contribution in [0.4, 0.5) is 10.5 Å². The molecule has 194 valence electrons. The van der Waals surface area contributed by atoms with Crippen molar-refractivity contribution < 1.29 is 28.7 Å². The zero-order chi connectivity index (χ0) is 26.2. The molecule has 1 atom stereocenters. The second-order valence-electron chi connectivity index (χ2n) is 9.41. The van der Waals surface area contributed by atoms with Crippen molar-refractivity contribution in [2.24, 2.45) is 5.73 Å². The van der Waals surface area contributed by atoms with E-state index in [0.717, 1.165) is 5.56 Å². The summed E-state index contributed by atoms with van der Waals surface area (Å²) >= 11 is 0. The van der Waals surface area contributed by atoms with Gasteiger partial charge in [-0.2, -0.15) is 0 Å². The van der Waals surface area contributed by atoms with Crippen molar-refractivity contribution in [3.63, 3.8) is 0 Å². The van der Waals surface area contributed by atoms with E-state index in [2.05, 4.69) is 10.6 Å². The molecule has 11 nitrogen and oxygen atoms in total. The fourth-order valence-corrected chi connectivity index (χ4v) is 3.62. The molecule has 0 bridgehead atoms. The Kier molecular flexibility index (Phi) is 9.88. The Balaban J connectivity index is 2.18. The lowest BCUT2D eigenvalue weighted by Crippen LogP contribution is -2.43. The molecule has 0 aromatic heterocycles. The largest absolute Gasteiger partial charge is 0.469 e. The Bertz CT molecular complexity index is 929. The van der Waals surface area contributed by atoms with Gasteiger partial charge in [-0.3, -0.25) is 14.4 Å². The number of alkyl carbamates (subject to hydrolysis) is 1. The zero-order valence-electron chi connectivity index (χ0n) is 21.2. The number of likely N-dealkylation sites (N-methyl/N-ethyl adjacent to an activating group) is 1. The SMILES string of the molecule is COC(=O)C[C@@H]1Nc2ccc(C(=O)N(C)CCN)cc2CN(CCCNC(=O)OC(C)(C)C)C1=O. The first-order valence-corrected chi connectivity index (χ1v) is 11.6. The van der Waals surface area contributed by atoms with Gasteiger partial charge in [-0.25, -0.2) is 4.79 Å². The summed E-state index contributed by atoms with van der Waals surface area (Å²) in [6, 6.07) is 4.35. The number of amides is 3. The molecule has 35 heavy (non-hydrogen) atoms. The van der Waals surface area contributed by atoms with E-state index >= 15 is 0 Å². The molecule has 1 heterocycles. The van der Waals surface area contributed by atoms with Crippen LogP contribution in [0.25, 0.3) is 0 Å². The van der Waals surface area contributed by atoms with Crippen molar-refractivity contribution in [3.8, 4) is 0 Å². The molecule has 2 rings (SSSR count). The zero-order valence-corrected chi connectivity index (χ0v) is 21.2. The Labute approximate surface area is 206 Å². The number of benzene rings is 1. The number of anilines is 1. The molecular formula is C24H37N5O6. The third kappa shape index (κ3) is 8.43. The van der Waals surface area contributed by atoms with Gasteiger partial charge < -0.3 is 35.6 Å². The number of hydrogen-bond donors (Lipinski definition) is 3. The maximum Gasteiger partial charge on any atom is 0.407 e. The van der Waals surface area contributed by atoms with E-state index in [-0.39, 0.29) is 24.8 Å². The van der Waals surface area contributed by atoms with Crippen LogP contribution in [0.1, 0.15) is 49.5 Å². The van der Waals surface area contributed by atoms with Crippen LogP contribution in [-0.2, 0) is 25.6 Å². The summed E-state index contributed by atoms with van der Waals surface area (Å²) in [7, 11) is 2.95. The molecule has 1 aliphatic rings. The number of rotatable bonds is 9. The van der Waals surface area contributed by atoms with E-state index in [1.54, 1.807) is 50.9 Å². The molecule has 0 saturated carbocycles. The Hall–Kier alpha value is -3.34. The highest BCUT2D eigenvalue weighted by molar-refractivity contribution is 5.95. The highest BCUT2D eigenvalue weighted by Gasteiger charge is 2.31. The van der Waals surface area contributed by atoms with Crippen LogP contribution in [0, 0.1) is 0 Å². The number of ether oxygens (including phenoxy) is 2. The standard InChI is InChI=1S/C24H37N5O6/c1-24(2,3)35-23(33)26-10-6-11-29-15-17-13-16(21(31)28(4)12-9-25)7-8-18(17)27-19(22(29)32)14-20(30)34-5/h7-8,13,19,27H,6,9-12,14-15,25H2,1-5H3,(H,26,33)/t19-/m0/s1. The van der Waals surface area contributed by atoms with Crippen LogP contribution >= 0.6 is 0 Å². The number of fused-ring (bicyclic) bond motifs is 1. The fraction of sp³-hybridized carbons (Fsp3) is 0.583. The van der Waals surface area contributed by atoms with Crippen molar-refractivity contribution in [1.82, 2.24) is 15.1 Å². The quantitative estimate of drug-likeness (QED) is 0.347. The molecule has 0 unspecified atom stereocenters. The first-order valence-electron chi connectivity index (χ1n) is 11.6. The van der Waals surface area contributed by atoms with Gasteiger partial charge in [0.05, 0.1) is 13.5 Å². The molecule has 0 aliphatic carbocycles. The molecule has 0 spiro atoms. The lowest BCUT2D eigenvalue weighted by atomic mass is 10.1. The van der Waals surface area contributed by atoms with Gasteiger partial charge in [0.1, 0.15) is 11.6 Å². The number of nitrogens with one attached hydrogen (secondary N) is 2. The van der Waals surface area contributed by atoms with E-state index in [9.17, 15) is 19.2 Å². The van der Waals surface area contributed by atoms with Gasteiger partial charge in [0.2, 0.25) is 5.91 Å². The summed E-state index contributed by atoms with van der Waals surface area (Å²) in [4.78, 5) is 52.9. The lowest BCUT2D eigenvalue weighted by molar-refractivity contribution is -0.144. The maximum atomic E-state index is 13.2. The Morgan fingerprint density at radius 2 is 2.00 bits per heavy atom. The third-order valence-corrected chi connectivity index (χ3v) is 5.34. The minimum atomic E-state index is -0.816. The highest BCUT2D eigenvalue weighted by atomic mass is 16.6. The summed E-state index contributed by atoms with van der Waals surface area (Å²) in [6.07, 6.45) is -0.190. The average molecular weight is 492 g/mol. The van der Waals surface area contributed by atoms with E-state index in [4.69, 9.17) is 15.2 Å². The van der Waals surface area contributed by atoms with Gasteiger partial charge in [-0.15, -0.1) is 0 Å². The molecule has 0 saturated heterocycles. The molecule has 3 amide bonds. The number of methoxy groups -OCH3 is 1. The second kappa shape index (κ2) is 12.4. The van der Waals surface area contributed by atoms with E-state index in [1.165, 1.54) is 12.0 Å². The monoisotopic (exact) mass is 491 g/mol. The molecule has 0 radical (unpaired) electrons. The fourth-order valence-electron chi connectivity index (χ4n) is 3.62. The van der Waals surface area contributed by atoms with Gasteiger partial charge in [0.15, 0.2) is 0 Å². The van der Waals surface area contributed by atoms with Crippen LogP contribution in [0.15, 0.2) is 18.2 Å². The number of nitrogens with zero attached hydrogens (tertiary/aromatic N) is 2. The Morgan fingerprint density at radius 3 is 2.63 bits per heavy atom. The van der Waals surface area contributed by atoms with Crippen molar-refractivity contribution in [2.45, 2.75) is 51.8 Å². The number of carbonyl (C=O) groups excluding carboxylic acids is 4. The van der Waals surface area contributed by atoms with Gasteiger partial charge in [-0.05, 0) is 51.0 Å². The van der Waals surface area contributed by atoms with Gasteiger partial charge >= 0.3 is 12.1 Å². The van der Waals surface area contributed by atoms with Gasteiger partial charge in [-0.1, -0.05) is 0 Å². The average Bonchev–Trinajstić information content (AvgIpc) is 2.91. The molecule has 1 aliphatic heterocycles. The number of nitrogens with two attached hydrogens (primary N) is 1. The third-order valence-electron chi connectivity index (χ3n) is 5.34. The number of carbonyl (C=O) groups is 4. The topological polar surface area (TPSA) is 143 Å². The predicted molar refractivity (Wildman–Crippen MR) is 131 cm³/mol. The maximum absolute atomic E-state index is 13.2. The van der Waals surface area contributed by atoms with E-state index < -0.39 is 23.7 Å². The van der Waals surface area contributed by atoms with Crippen molar-refractivity contribution in [2.75, 3.05) is 45.7 Å². The lowest BCUT2D eigenvalue weighted by Gasteiger charge is -2.24. The molecule has 4 N–H and O–H groups in total. The molecule has 11 heteroatoms. The van der Waals surface area contributed by atoms with Gasteiger partial charge in [0, 0.05) is 51.0 Å². The van der Waals surface area contributed by atoms with Crippen molar-refractivity contribution >= 4 is 29.6 Å². The molecular weight excluding hydrogens is 454 g/mol. The Morgan fingerprint density at radius 1 is 1.29 bits per heavy atom. The summed E-state index contributed by atoms with van der Waals surface area (Å²) in [5.74, 6) is -0.953. The molecule has 1 aromatic carbocycles. The minimum Gasteiger partial charge on any atom is -0.469 e. The van der Waals surface area contributed by atoms with Gasteiger partial charge in [0.25, 0.3) is 5.91 Å². The second-order valence-corrected chi connectivity index (χ2v) is 9.41. The van der Waals surface area contributed by atoms with Crippen LogP contribution in [-0.4, -0.2) is 85.7 Å². The van der Waals surface area contributed by atoms with Crippen molar-refractivity contribution in [1.29, 1.82) is 0 Å². The highest BCUT2D eigenvalue weighted by Crippen LogP contribution is 2.26. The molecule has 0 fully saturated rings. The predicted octanol–water partition coefficient (Wildman–Crippen LogP) is 1.32. The van der Waals surface area contributed by atoms with E-state index in [0.29, 0.717) is 43.9 Å². The van der Waals surface area contributed by atoms with Crippen LogP contribution in [0.3, 0.4) is 0 Å². The van der Waals surface area contributed by atoms with E-state index in [1.807, 2.05) is 0 Å². The summed E-state index contributed by atoms with van der Waals surface area (Å²) in [5, 5.41) is 5.81. The van der Waals surface area contributed by atoms with Crippen LogP contribution in [0.2, 0.25) is 0 Å². The smallest absolute Gasteiger partial charge is 0.407 e. The normalized spacial score (nSPS) is 15.4. The first kappa shape index (κ1) is 27.9. The number of esters is 1. The number of hydrogen-bond acceptors (Lipinski definition) is 8. The first-order chi connectivity index (χ1) is 16.4. The summed E-state index contributed by atoms with van der Waals surface area (Å²) < 4.78 is 9.99. The van der Waals surface area contributed by atoms with Crippen molar-refractivity contribution in [3.05, 3.63) is 29.3 Å².